The summed E-state index contributed by atoms with van der Waals surface area (Å²) in [5, 5.41) is 9.32. The fraction of sp³-hybridized carbons (Fsp3) is 0.350. The number of carbonyl (C=O) groups is 1. The van der Waals surface area contributed by atoms with Gasteiger partial charge in [-0.25, -0.2) is 4.79 Å². The van der Waals surface area contributed by atoms with Crippen molar-refractivity contribution >= 4 is 23.0 Å². The molecule has 1 N–H and O–H groups in total. The molecule has 2 aromatic carbocycles. The molecule has 1 aliphatic rings. The first-order valence-electron chi connectivity index (χ1n) is 8.73. The fourth-order valence-corrected chi connectivity index (χ4v) is 3.52. The van der Waals surface area contributed by atoms with Crippen LogP contribution in [0.5, 0.6) is 0 Å². The zero-order chi connectivity index (χ0) is 18.8. The molecule has 0 amide bonds. The average Bonchev–Trinajstić information content (AvgIpc) is 2.61. The third-order valence-corrected chi connectivity index (χ3v) is 4.97. The smallest absolute Gasteiger partial charge is 0.336 e. The number of para-hydroxylation sites is 1. The molecule has 0 aromatic heterocycles. The van der Waals surface area contributed by atoms with Crippen molar-refractivity contribution in [3.8, 4) is 0 Å². The molecule has 0 spiro atoms. The Morgan fingerprint density at radius 3 is 2.08 bits per heavy atom. The molecule has 0 bridgehead atoms. The number of benzene rings is 2. The molecule has 0 aliphatic carbocycles. The first-order valence-corrected chi connectivity index (χ1v) is 8.73. The highest BCUT2D eigenvalue weighted by Gasteiger charge is 2.27. The molecule has 1 heterocycles. The molecule has 6 heteroatoms. The van der Waals surface area contributed by atoms with Gasteiger partial charge in [0.2, 0.25) is 0 Å². The van der Waals surface area contributed by atoms with Crippen LogP contribution in [-0.2, 0) is 0 Å². The summed E-state index contributed by atoms with van der Waals surface area (Å²) in [7, 11) is 1.41. The van der Waals surface area contributed by atoms with Crippen LogP contribution in [0.25, 0.3) is 0 Å². The van der Waals surface area contributed by atoms with Gasteiger partial charge in [-0.1, -0.05) is 18.2 Å². The van der Waals surface area contributed by atoms with Crippen LogP contribution in [0.4, 0.5) is 17.1 Å². The quantitative estimate of drug-likeness (QED) is 0.853. The van der Waals surface area contributed by atoms with E-state index in [-0.39, 0.29) is 5.56 Å². The summed E-state index contributed by atoms with van der Waals surface area (Å²) in [6.45, 7) is 7.15. The van der Waals surface area contributed by atoms with Gasteiger partial charge in [0.25, 0.3) is 5.69 Å². The van der Waals surface area contributed by atoms with E-state index < -0.39 is 5.97 Å². The van der Waals surface area contributed by atoms with Crippen LogP contribution in [0.2, 0.25) is 0 Å². The molecular formula is C20H24N3O3+. The summed E-state index contributed by atoms with van der Waals surface area (Å²) in [6, 6.07) is 11.6. The Labute approximate surface area is 153 Å². The Morgan fingerprint density at radius 1 is 0.962 bits per heavy atom. The number of nitroso groups, excluding NO2 is 1. The average molecular weight is 354 g/mol. The normalized spacial score (nSPS) is 14.4. The molecule has 0 radical (unpaired) electrons. The van der Waals surface area contributed by atoms with E-state index in [1.54, 1.807) is 6.92 Å². The number of carboxylic acid groups (broad SMARTS) is 1. The molecule has 0 unspecified atom stereocenters. The van der Waals surface area contributed by atoms with Crippen molar-refractivity contribution in [2.75, 3.05) is 43.0 Å². The summed E-state index contributed by atoms with van der Waals surface area (Å²) in [5.74, 6) is -1.01. The number of aryl methyl sites for hydroxylation is 2. The summed E-state index contributed by atoms with van der Waals surface area (Å²) < 4.78 is 0.745. The molecule has 0 atom stereocenters. The maximum absolute atomic E-state index is 12.0. The maximum atomic E-state index is 12.0. The van der Waals surface area contributed by atoms with Gasteiger partial charge >= 0.3 is 5.97 Å². The zero-order valence-corrected chi connectivity index (χ0v) is 15.4. The van der Waals surface area contributed by atoms with Crippen LogP contribution < -0.4 is 9.80 Å². The number of aromatic carboxylic acids is 1. The molecule has 3 rings (SSSR count). The van der Waals surface area contributed by atoms with Gasteiger partial charge in [-0.05, 0) is 37.1 Å². The first-order chi connectivity index (χ1) is 12.4. The molecule has 1 saturated heterocycles. The van der Waals surface area contributed by atoms with Gasteiger partial charge in [-0.15, -0.1) is 0 Å². The minimum absolute atomic E-state index is 0.171. The number of rotatable bonds is 4. The lowest BCUT2D eigenvalue weighted by molar-refractivity contribution is -0.427. The van der Waals surface area contributed by atoms with E-state index in [4.69, 9.17) is 0 Å². The second-order valence-corrected chi connectivity index (χ2v) is 6.72. The Hall–Kier alpha value is -2.89. The van der Waals surface area contributed by atoms with Crippen molar-refractivity contribution in [2.45, 2.75) is 13.8 Å². The SMILES string of the molecule is Cc1cc(N2CCN(c3ccccc3C)CC2)c([N+](C)=O)cc1C(=O)O. The number of hydrogen-bond acceptors (Lipinski definition) is 4. The Kier molecular flexibility index (Phi) is 4.93. The fourth-order valence-electron chi connectivity index (χ4n) is 3.52. The molecule has 2 aromatic rings. The van der Waals surface area contributed by atoms with E-state index in [2.05, 4.69) is 28.9 Å². The Balaban J connectivity index is 1.85. The van der Waals surface area contributed by atoms with Gasteiger partial charge in [0, 0.05) is 47.6 Å². The number of anilines is 2. The van der Waals surface area contributed by atoms with Crippen LogP contribution in [0.3, 0.4) is 0 Å². The third kappa shape index (κ3) is 3.40. The Morgan fingerprint density at radius 2 is 1.54 bits per heavy atom. The number of piperazine rings is 1. The molecule has 0 saturated carbocycles. The molecule has 6 nitrogen and oxygen atoms in total. The first kappa shape index (κ1) is 17.9. The summed E-state index contributed by atoms with van der Waals surface area (Å²) in [6.07, 6.45) is 0. The van der Waals surface area contributed by atoms with Crippen LogP contribution in [0.15, 0.2) is 36.4 Å². The second kappa shape index (κ2) is 7.15. The van der Waals surface area contributed by atoms with Gasteiger partial charge in [-0.3, -0.25) is 0 Å². The maximum Gasteiger partial charge on any atom is 0.336 e. The number of nitrogens with zero attached hydrogens (tertiary/aromatic N) is 3. The summed E-state index contributed by atoms with van der Waals surface area (Å²) >= 11 is 0. The van der Waals surface area contributed by atoms with Gasteiger partial charge in [0.15, 0.2) is 7.05 Å². The molecule has 136 valence electrons. The molecular weight excluding hydrogens is 330 g/mol. The third-order valence-electron chi connectivity index (χ3n) is 4.97. The van der Waals surface area contributed by atoms with Crippen LogP contribution in [0, 0.1) is 18.8 Å². The van der Waals surface area contributed by atoms with Gasteiger partial charge < -0.3 is 14.9 Å². The number of hydrogen-bond donors (Lipinski definition) is 1. The second-order valence-electron chi connectivity index (χ2n) is 6.72. The topological polar surface area (TPSA) is 63.9 Å². The van der Waals surface area contributed by atoms with Crippen LogP contribution in [-0.4, -0.2) is 49.1 Å². The summed E-state index contributed by atoms with van der Waals surface area (Å²) in [4.78, 5) is 27.9. The predicted octanol–water partition coefficient (Wildman–Crippen LogP) is 3.37. The minimum Gasteiger partial charge on any atom is -0.478 e. The molecule has 1 aliphatic heterocycles. The van der Waals surface area contributed by atoms with Crippen molar-refractivity contribution in [3.63, 3.8) is 0 Å². The predicted molar refractivity (Wildman–Crippen MR) is 103 cm³/mol. The summed E-state index contributed by atoms with van der Waals surface area (Å²) in [5.41, 5.74) is 4.53. The van der Waals surface area contributed by atoms with Crippen molar-refractivity contribution in [2.24, 2.45) is 0 Å². The minimum atomic E-state index is -1.01. The van der Waals surface area contributed by atoms with E-state index in [0.29, 0.717) is 11.3 Å². The standard InChI is InChI=1S/C20H23N3O3/c1-14-6-4-5-7-17(14)22-8-10-23(11-9-22)19-12-15(2)16(20(24)25)13-18(19)21(3)26/h4-7,12-13H,8-11H2,1-3H3/p+1. The van der Waals surface area contributed by atoms with Crippen molar-refractivity contribution in [1.82, 2.24) is 0 Å². The van der Waals surface area contributed by atoms with Crippen molar-refractivity contribution in [1.29, 1.82) is 0 Å². The van der Waals surface area contributed by atoms with E-state index in [9.17, 15) is 14.8 Å². The highest BCUT2D eigenvalue weighted by atomic mass is 16.4. The van der Waals surface area contributed by atoms with Crippen LogP contribution in [0.1, 0.15) is 21.5 Å². The lowest BCUT2D eigenvalue weighted by Crippen LogP contribution is -2.47. The van der Waals surface area contributed by atoms with Gasteiger partial charge in [-0.2, -0.15) is 0 Å². The van der Waals surface area contributed by atoms with Crippen molar-refractivity contribution < 1.29 is 14.7 Å². The highest BCUT2D eigenvalue weighted by molar-refractivity contribution is 5.91. The van der Waals surface area contributed by atoms with Gasteiger partial charge in [0.05, 0.1) is 5.56 Å². The highest BCUT2D eigenvalue weighted by Crippen LogP contribution is 2.33. The molecule has 26 heavy (non-hydrogen) atoms. The van der Waals surface area contributed by atoms with Gasteiger partial charge in [0.1, 0.15) is 5.69 Å². The lowest BCUT2D eigenvalue weighted by Gasteiger charge is -2.37. The van der Waals surface area contributed by atoms with E-state index >= 15 is 0 Å². The van der Waals surface area contributed by atoms with Crippen LogP contribution >= 0.6 is 0 Å². The largest absolute Gasteiger partial charge is 0.478 e. The zero-order valence-electron chi connectivity index (χ0n) is 15.4. The lowest BCUT2D eigenvalue weighted by atomic mass is 10.0. The Bertz CT molecular complexity index is 855. The van der Waals surface area contributed by atoms with E-state index in [1.165, 1.54) is 24.4 Å². The molecule has 1 fully saturated rings. The number of carboxylic acids is 1. The van der Waals surface area contributed by atoms with E-state index in [1.807, 2.05) is 18.2 Å². The monoisotopic (exact) mass is 354 g/mol. The van der Waals surface area contributed by atoms with E-state index in [0.717, 1.165) is 36.6 Å². The van der Waals surface area contributed by atoms with Crippen molar-refractivity contribution in [3.05, 3.63) is 58.0 Å².